The number of fused-ring (bicyclic) bond motifs is 1. The quantitative estimate of drug-likeness (QED) is 0.845. The molecule has 1 aliphatic heterocycles. The zero-order valence-corrected chi connectivity index (χ0v) is 13.5. The fourth-order valence-electron chi connectivity index (χ4n) is 2.45. The number of nitrogens with zero attached hydrogens (tertiary/aromatic N) is 5. The standard InChI is InChI=1S/C13H17BrN6O/c1-18(2)12(21)10-8-15-5-7-19(10)13-16-11-9(14)4-3-6-20(11)17-13/h3-4,6,10,15H,5,7-8H2,1-2H3. The molecule has 0 radical (unpaired) electrons. The van der Waals surface area contributed by atoms with E-state index in [1.165, 1.54) is 0 Å². The number of carbonyl (C=O) groups is 1. The van der Waals surface area contributed by atoms with Gasteiger partial charge in [-0.25, -0.2) is 4.52 Å². The normalized spacial score (nSPS) is 19.0. The molecule has 0 aromatic carbocycles. The Morgan fingerprint density at radius 2 is 2.33 bits per heavy atom. The Morgan fingerprint density at radius 1 is 1.52 bits per heavy atom. The molecule has 3 heterocycles. The minimum absolute atomic E-state index is 0.0557. The summed E-state index contributed by atoms with van der Waals surface area (Å²) in [4.78, 5) is 20.5. The third kappa shape index (κ3) is 2.60. The summed E-state index contributed by atoms with van der Waals surface area (Å²) in [5, 5.41) is 7.75. The molecular formula is C13H17BrN6O. The van der Waals surface area contributed by atoms with Crippen molar-refractivity contribution in [3.8, 4) is 0 Å². The van der Waals surface area contributed by atoms with Crippen molar-refractivity contribution in [2.45, 2.75) is 6.04 Å². The summed E-state index contributed by atoms with van der Waals surface area (Å²) in [5.74, 6) is 0.642. The molecule has 112 valence electrons. The molecule has 1 unspecified atom stereocenters. The Bertz CT molecular complexity index is 670. The third-order valence-electron chi connectivity index (χ3n) is 3.53. The first-order valence-corrected chi connectivity index (χ1v) is 7.56. The van der Waals surface area contributed by atoms with Crippen molar-refractivity contribution < 1.29 is 4.79 Å². The van der Waals surface area contributed by atoms with Crippen molar-refractivity contribution in [1.29, 1.82) is 0 Å². The molecule has 0 saturated carbocycles. The zero-order valence-electron chi connectivity index (χ0n) is 12.0. The van der Waals surface area contributed by atoms with Gasteiger partial charge in [-0.1, -0.05) is 0 Å². The number of nitrogens with one attached hydrogen (secondary N) is 1. The second kappa shape index (κ2) is 5.61. The van der Waals surface area contributed by atoms with Crippen LogP contribution in [0.2, 0.25) is 0 Å². The van der Waals surface area contributed by atoms with E-state index in [2.05, 4.69) is 31.3 Å². The first kappa shape index (κ1) is 14.3. The van der Waals surface area contributed by atoms with E-state index in [-0.39, 0.29) is 11.9 Å². The van der Waals surface area contributed by atoms with Gasteiger partial charge in [0.05, 0.1) is 4.47 Å². The highest BCUT2D eigenvalue weighted by atomic mass is 79.9. The Hall–Kier alpha value is -1.67. The predicted molar refractivity (Wildman–Crippen MR) is 83.4 cm³/mol. The van der Waals surface area contributed by atoms with Gasteiger partial charge in [-0.3, -0.25) is 4.79 Å². The van der Waals surface area contributed by atoms with E-state index in [9.17, 15) is 4.79 Å². The van der Waals surface area contributed by atoms with Crippen LogP contribution >= 0.6 is 15.9 Å². The number of hydrogen-bond acceptors (Lipinski definition) is 5. The Labute approximate surface area is 131 Å². The van der Waals surface area contributed by atoms with Crippen molar-refractivity contribution in [2.75, 3.05) is 38.6 Å². The SMILES string of the molecule is CN(C)C(=O)C1CNCCN1c1nc2c(Br)cccn2n1. The molecule has 1 N–H and O–H groups in total. The van der Waals surface area contributed by atoms with Gasteiger partial charge in [-0.15, -0.1) is 5.10 Å². The maximum absolute atomic E-state index is 12.3. The Kier molecular flexibility index (Phi) is 3.81. The summed E-state index contributed by atoms with van der Waals surface area (Å²) >= 11 is 3.47. The highest BCUT2D eigenvalue weighted by Crippen LogP contribution is 2.21. The number of halogens is 1. The number of likely N-dealkylation sites (N-methyl/N-ethyl adjacent to an activating group) is 1. The molecule has 0 aliphatic carbocycles. The van der Waals surface area contributed by atoms with Crippen molar-refractivity contribution in [2.24, 2.45) is 0 Å². The van der Waals surface area contributed by atoms with Crippen LogP contribution in [0, 0.1) is 0 Å². The third-order valence-corrected chi connectivity index (χ3v) is 4.15. The van der Waals surface area contributed by atoms with E-state index in [4.69, 9.17) is 0 Å². The molecule has 21 heavy (non-hydrogen) atoms. The number of aromatic nitrogens is 3. The average Bonchev–Trinajstić information content (AvgIpc) is 2.92. The van der Waals surface area contributed by atoms with Crippen LogP contribution in [0.3, 0.4) is 0 Å². The zero-order chi connectivity index (χ0) is 15.0. The molecule has 2 aromatic heterocycles. The van der Waals surface area contributed by atoms with E-state index >= 15 is 0 Å². The van der Waals surface area contributed by atoms with E-state index in [1.54, 1.807) is 23.5 Å². The monoisotopic (exact) mass is 352 g/mol. The van der Waals surface area contributed by atoms with Crippen LogP contribution < -0.4 is 10.2 Å². The van der Waals surface area contributed by atoms with Gasteiger partial charge in [0.25, 0.3) is 0 Å². The van der Waals surface area contributed by atoms with Crippen LogP contribution in [0.1, 0.15) is 0 Å². The molecule has 1 fully saturated rings. The Balaban J connectivity index is 1.98. The van der Waals surface area contributed by atoms with Crippen molar-refractivity contribution >= 4 is 33.4 Å². The smallest absolute Gasteiger partial charge is 0.246 e. The molecule has 1 amide bonds. The molecule has 1 saturated heterocycles. The fraction of sp³-hybridized carbons (Fsp3) is 0.462. The van der Waals surface area contributed by atoms with Gasteiger partial charge in [0, 0.05) is 39.9 Å². The number of pyridine rings is 1. The van der Waals surface area contributed by atoms with Crippen LogP contribution in [0.25, 0.3) is 5.65 Å². The lowest BCUT2D eigenvalue weighted by molar-refractivity contribution is -0.130. The van der Waals surface area contributed by atoms with Gasteiger partial charge in [0.15, 0.2) is 5.65 Å². The maximum atomic E-state index is 12.3. The lowest BCUT2D eigenvalue weighted by Gasteiger charge is -2.35. The van der Waals surface area contributed by atoms with Gasteiger partial charge in [0.1, 0.15) is 6.04 Å². The molecule has 2 aromatic rings. The molecule has 7 nitrogen and oxygen atoms in total. The van der Waals surface area contributed by atoms with Gasteiger partial charge >= 0.3 is 0 Å². The number of rotatable bonds is 2. The number of piperazine rings is 1. The summed E-state index contributed by atoms with van der Waals surface area (Å²) in [5.41, 5.74) is 0.752. The topological polar surface area (TPSA) is 65.8 Å². The minimum atomic E-state index is -0.273. The maximum Gasteiger partial charge on any atom is 0.246 e. The first-order chi connectivity index (χ1) is 10.1. The highest BCUT2D eigenvalue weighted by Gasteiger charge is 2.32. The number of carbonyl (C=O) groups excluding carboxylic acids is 1. The largest absolute Gasteiger partial charge is 0.347 e. The number of hydrogen-bond donors (Lipinski definition) is 1. The van der Waals surface area contributed by atoms with Gasteiger partial charge in [-0.2, -0.15) is 4.98 Å². The van der Waals surface area contributed by atoms with Crippen molar-refractivity contribution in [3.63, 3.8) is 0 Å². The van der Waals surface area contributed by atoms with Crippen LogP contribution in [0.5, 0.6) is 0 Å². The molecular weight excluding hydrogens is 336 g/mol. The van der Waals surface area contributed by atoms with E-state index in [0.29, 0.717) is 19.0 Å². The van der Waals surface area contributed by atoms with Crippen molar-refractivity contribution in [1.82, 2.24) is 24.8 Å². The van der Waals surface area contributed by atoms with Crippen LogP contribution in [-0.4, -0.2) is 65.2 Å². The number of amides is 1. The predicted octanol–water partition coefficient (Wildman–Crippen LogP) is 0.358. The van der Waals surface area contributed by atoms with Crippen LogP contribution in [0.4, 0.5) is 5.95 Å². The van der Waals surface area contributed by atoms with Crippen LogP contribution in [-0.2, 0) is 4.79 Å². The molecule has 0 bridgehead atoms. The lowest BCUT2D eigenvalue weighted by atomic mass is 10.2. The fourth-order valence-corrected chi connectivity index (χ4v) is 2.87. The second-order valence-corrected chi connectivity index (χ2v) is 6.04. The van der Waals surface area contributed by atoms with Gasteiger partial charge in [-0.05, 0) is 28.1 Å². The number of anilines is 1. The summed E-state index contributed by atoms with van der Waals surface area (Å²) < 4.78 is 2.60. The summed E-state index contributed by atoms with van der Waals surface area (Å²) in [6, 6.07) is 3.55. The summed E-state index contributed by atoms with van der Waals surface area (Å²) in [6.45, 7) is 2.13. The molecule has 1 atom stereocenters. The van der Waals surface area contributed by atoms with E-state index < -0.39 is 0 Å². The average molecular weight is 353 g/mol. The molecule has 3 rings (SSSR count). The Morgan fingerprint density at radius 3 is 3.05 bits per heavy atom. The molecule has 0 spiro atoms. The minimum Gasteiger partial charge on any atom is -0.347 e. The van der Waals surface area contributed by atoms with Gasteiger partial charge < -0.3 is 15.1 Å². The van der Waals surface area contributed by atoms with Gasteiger partial charge in [0.2, 0.25) is 11.9 Å². The molecule has 8 heteroatoms. The van der Waals surface area contributed by atoms with E-state index in [0.717, 1.165) is 16.7 Å². The second-order valence-electron chi connectivity index (χ2n) is 5.18. The van der Waals surface area contributed by atoms with Crippen molar-refractivity contribution in [3.05, 3.63) is 22.8 Å². The first-order valence-electron chi connectivity index (χ1n) is 6.77. The molecule has 1 aliphatic rings. The highest BCUT2D eigenvalue weighted by molar-refractivity contribution is 9.10. The van der Waals surface area contributed by atoms with E-state index in [1.807, 2.05) is 23.2 Å². The summed E-state index contributed by atoms with van der Waals surface area (Å²) in [7, 11) is 3.53. The lowest BCUT2D eigenvalue weighted by Crippen LogP contribution is -2.58. The van der Waals surface area contributed by atoms with Crippen LogP contribution in [0.15, 0.2) is 22.8 Å². The summed E-state index contributed by atoms with van der Waals surface area (Å²) in [6.07, 6.45) is 1.85.